The molecule has 162 valence electrons. The van der Waals surface area contributed by atoms with Crippen molar-refractivity contribution < 1.29 is 13.2 Å². The summed E-state index contributed by atoms with van der Waals surface area (Å²) in [5.41, 5.74) is 0.726. The fourth-order valence-corrected chi connectivity index (χ4v) is 4.48. The fourth-order valence-electron chi connectivity index (χ4n) is 4.31. The molecule has 1 heterocycles. The van der Waals surface area contributed by atoms with Crippen LogP contribution in [0.2, 0.25) is 5.02 Å². The van der Waals surface area contributed by atoms with Crippen LogP contribution >= 0.6 is 11.6 Å². The molecule has 0 spiro atoms. The highest BCUT2D eigenvalue weighted by atomic mass is 35.5. The van der Waals surface area contributed by atoms with E-state index in [2.05, 4.69) is 34.3 Å². The number of nitrogens with one attached hydrogen (secondary N) is 2. The Morgan fingerprint density at radius 1 is 1.13 bits per heavy atom. The standard InChI is InChI=1S/C24H23ClF3N3/c1-2-10-29-18-13-23(14-18,16-6-4-3-5-7-16)15-30-21-12-22(24(26,27)28)31-20-9-8-17(25)11-19(20)21/h2-9,11-12,18,29H,1,10,13-15H2,(H,30,31). The smallest absolute Gasteiger partial charge is 0.384 e. The molecule has 1 aliphatic carbocycles. The summed E-state index contributed by atoms with van der Waals surface area (Å²) < 4.78 is 40.3. The number of benzene rings is 2. The number of halogens is 4. The molecule has 1 aromatic heterocycles. The molecule has 0 saturated heterocycles. The van der Waals surface area contributed by atoms with Gasteiger partial charge in [-0.1, -0.05) is 48.0 Å². The minimum absolute atomic E-state index is 0.174. The molecule has 3 nitrogen and oxygen atoms in total. The molecule has 0 unspecified atom stereocenters. The predicted molar refractivity (Wildman–Crippen MR) is 120 cm³/mol. The average molecular weight is 446 g/mol. The molecular formula is C24H23ClF3N3. The van der Waals surface area contributed by atoms with E-state index < -0.39 is 11.9 Å². The van der Waals surface area contributed by atoms with Gasteiger partial charge in [-0.3, -0.25) is 0 Å². The van der Waals surface area contributed by atoms with Crippen molar-refractivity contribution in [1.82, 2.24) is 10.3 Å². The zero-order chi connectivity index (χ0) is 22.1. The molecule has 2 aromatic carbocycles. The largest absolute Gasteiger partial charge is 0.433 e. The van der Waals surface area contributed by atoms with Crippen molar-refractivity contribution in [3.05, 3.63) is 83.5 Å². The Bertz CT molecular complexity index is 1080. The lowest BCUT2D eigenvalue weighted by Gasteiger charge is -2.49. The number of anilines is 1. The first-order valence-electron chi connectivity index (χ1n) is 10.1. The molecule has 1 fully saturated rings. The van der Waals surface area contributed by atoms with E-state index in [1.54, 1.807) is 12.1 Å². The number of rotatable bonds is 7. The van der Waals surface area contributed by atoms with Crippen LogP contribution in [0.4, 0.5) is 18.9 Å². The Kier molecular flexibility index (Phi) is 5.95. The Morgan fingerprint density at radius 2 is 1.87 bits per heavy atom. The normalized spacial score (nSPS) is 21.0. The van der Waals surface area contributed by atoms with Gasteiger partial charge in [-0.25, -0.2) is 4.98 Å². The number of fused-ring (bicyclic) bond motifs is 1. The second-order valence-corrected chi connectivity index (χ2v) is 8.45. The van der Waals surface area contributed by atoms with Gasteiger partial charge in [0.05, 0.1) is 5.52 Å². The van der Waals surface area contributed by atoms with E-state index >= 15 is 0 Å². The Labute approximate surface area is 184 Å². The Morgan fingerprint density at radius 3 is 2.55 bits per heavy atom. The number of hydrogen-bond acceptors (Lipinski definition) is 3. The quantitative estimate of drug-likeness (QED) is 0.425. The molecule has 4 rings (SSSR count). The fraction of sp³-hybridized carbons (Fsp3) is 0.292. The summed E-state index contributed by atoms with van der Waals surface area (Å²) in [4.78, 5) is 3.79. The first-order chi connectivity index (χ1) is 14.8. The summed E-state index contributed by atoms with van der Waals surface area (Å²) in [6.07, 6.45) is -0.939. The van der Waals surface area contributed by atoms with E-state index in [-0.39, 0.29) is 10.9 Å². The molecule has 0 amide bonds. The maximum Gasteiger partial charge on any atom is 0.433 e. The minimum atomic E-state index is -4.53. The van der Waals surface area contributed by atoms with Gasteiger partial charge in [-0.15, -0.1) is 6.58 Å². The minimum Gasteiger partial charge on any atom is -0.384 e. The van der Waals surface area contributed by atoms with Crippen molar-refractivity contribution in [1.29, 1.82) is 0 Å². The number of aromatic nitrogens is 1. The molecule has 0 radical (unpaired) electrons. The van der Waals surface area contributed by atoms with Crippen LogP contribution in [0, 0.1) is 0 Å². The molecular weight excluding hydrogens is 423 g/mol. The molecule has 2 N–H and O–H groups in total. The molecule has 1 aliphatic rings. The zero-order valence-corrected chi connectivity index (χ0v) is 17.6. The highest BCUT2D eigenvalue weighted by molar-refractivity contribution is 6.31. The van der Waals surface area contributed by atoms with Crippen LogP contribution in [0.15, 0.2) is 67.3 Å². The maximum absolute atomic E-state index is 13.4. The number of alkyl halides is 3. The van der Waals surface area contributed by atoms with E-state index in [0.29, 0.717) is 28.7 Å². The highest BCUT2D eigenvalue weighted by Crippen LogP contribution is 2.44. The maximum atomic E-state index is 13.4. The molecule has 0 bridgehead atoms. The van der Waals surface area contributed by atoms with Crippen molar-refractivity contribution >= 4 is 28.2 Å². The molecule has 31 heavy (non-hydrogen) atoms. The second-order valence-electron chi connectivity index (χ2n) is 8.02. The Hall–Kier alpha value is -2.57. The van der Waals surface area contributed by atoms with Crippen LogP contribution in [0.3, 0.4) is 0 Å². The average Bonchev–Trinajstić information content (AvgIpc) is 2.72. The highest BCUT2D eigenvalue weighted by Gasteiger charge is 2.45. The molecule has 3 aromatic rings. The zero-order valence-electron chi connectivity index (χ0n) is 16.8. The van der Waals surface area contributed by atoms with Gasteiger partial charge in [0.1, 0.15) is 5.69 Å². The number of nitrogens with zero attached hydrogens (tertiary/aromatic N) is 1. The molecule has 7 heteroatoms. The summed E-state index contributed by atoms with van der Waals surface area (Å²) >= 11 is 6.12. The van der Waals surface area contributed by atoms with Crippen LogP contribution in [-0.4, -0.2) is 24.1 Å². The number of pyridine rings is 1. The Balaban J connectivity index is 1.66. The summed E-state index contributed by atoms with van der Waals surface area (Å²) in [6, 6.07) is 16.2. The van der Waals surface area contributed by atoms with Gasteiger partial charge >= 0.3 is 6.18 Å². The van der Waals surface area contributed by atoms with Gasteiger partial charge in [-0.05, 0) is 42.7 Å². The lowest BCUT2D eigenvalue weighted by Crippen LogP contribution is -2.55. The third-order valence-corrected chi connectivity index (χ3v) is 6.12. The van der Waals surface area contributed by atoms with Crippen LogP contribution in [0.5, 0.6) is 0 Å². The van der Waals surface area contributed by atoms with E-state index in [1.165, 1.54) is 11.6 Å². The van der Waals surface area contributed by atoms with Crippen molar-refractivity contribution in [2.24, 2.45) is 0 Å². The lowest BCUT2D eigenvalue weighted by molar-refractivity contribution is -0.140. The van der Waals surface area contributed by atoms with E-state index in [4.69, 9.17) is 11.6 Å². The predicted octanol–water partition coefficient (Wildman–Crippen LogP) is 6.19. The first kappa shape index (κ1) is 21.7. The van der Waals surface area contributed by atoms with Crippen LogP contribution in [-0.2, 0) is 11.6 Å². The van der Waals surface area contributed by atoms with Crippen molar-refractivity contribution in [2.45, 2.75) is 30.5 Å². The molecule has 0 atom stereocenters. The first-order valence-corrected chi connectivity index (χ1v) is 10.5. The summed E-state index contributed by atoms with van der Waals surface area (Å²) in [5.74, 6) is 0. The van der Waals surface area contributed by atoms with E-state index in [1.807, 2.05) is 24.3 Å². The summed E-state index contributed by atoms with van der Waals surface area (Å²) in [7, 11) is 0. The monoisotopic (exact) mass is 445 g/mol. The van der Waals surface area contributed by atoms with Gasteiger partial charge in [0, 0.05) is 40.6 Å². The van der Waals surface area contributed by atoms with Crippen LogP contribution in [0.1, 0.15) is 24.1 Å². The van der Waals surface area contributed by atoms with Gasteiger partial charge in [0.15, 0.2) is 0 Å². The van der Waals surface area contributed by atoms with Gasteiger partial charge < -0.3 is 10.6 Å². The topological polar surface area (TPSA) is 37.0 Å². The van der Waals surface area contributed by atoms with Crippen molar-refractivity contribution in [3.63, 3.8) is 0 Å². The van der Waals surface area contributed by atoms with Crippen molar-refractivity contribution in [2.75, 3.05) is 18.4 Å². The SMILES string of the molecule is C=CCNC1CC(CNc2cc(C(F)(F)F)nc3ccc(Cl)cc23)(c2ccccc2)C1. The van der Waals surface area contributed by atoms with Gasteiger partial charge in [0.25, 0.3) is 0 Å². The number of hydrogen-bond donors (Lipinski definition) is 2. The van der Waals surface area contributed by atoms with Gasteiger partial charge in [-0.2, -0.15) is 13.2 Å². The lowest BCUT2D eigenvalue weighted by atomic mass is 9.61. The second kappa shape index (κ2) is 8.52. The van der Waals surface area contributed by atoms with Gasteiger partial charge in [0.2, 0.25) is 0 Å². The summed E-state index contributed by atoms with van der Waals surface area (Å²) in [6.45, 7) is 4.98. The van der Waals surface area contributed by atoms with Crippen LogP contribution < -0.4 is 10.6 Å². The molecule has 0 aliphatic heterocycles. The van der Waals surface area contributed by atoms with Crippen molar-refractivity contribution in [3.8, 4) is 0 Å². The molecule has 1 saturated carbocycles. The van der Waals surface area contributed by atoms with E-state index in [0.717, 1.165) is 25.5 Å². The third-order valence-electron chi connectivity index (χ3n) is 5.89. The third kappa shape index (κ3) is 4.55. The van der Waals surface area contributed by atoms with E-state index in [9.17, 15) is 13.2 Å². The summed E-state index contributed by atoms with van der Waals surface area (Å²) in [5, 5.41) is 7.76. The van der Waals surface area contributed by atoms with Crippen LogP contribution in [0.25, 0.3) is 10.9 Å².